The molecule has 198 valence electrons. The average molecular weight is 530 g/mol. The summed E-state index contributed by atoms with van der Waals surface area (Å²) in [6.45, 7) is 3.81. The van der Waals surface area contributed by atoms with Crippen LogP contribution in [-0.4, -0.2) is 58.9 Å². The lowest BCUT2D eigenvalue weighted by atomic mass is 9.90. The summed E-state index contributed by atoms with van der Waals surface area (Å²) in [5, 5.41) is 0. The van der Waals surface area contributed by atoms with E-state index in [1.807, 2.05) is 6.92 Å². The van der Waals surface area contributed by atoms with E-state index in [2.05, 4.69) is 0 Å². The second-order valence-electron chi connectivity index (χ2n) is 9.50. The minimum atomic E-state index is -4.82. The van der Waals surface area contributed by atoms with Crippen molar-refractivity contribution in [2.75, 3.05) is 40.1 Å². The van der Waals surface area contributed by atoms with E-state index in [4.69, 9.17) is 18.9 Å². The highest BCUT2D eigenvalue weighted by Gasteiger charge is 2.40. The van der Waals surface area contributed by atoms with Crippen LogP contribution in [0.4, 0.5) is 13.2 Å². The molecule has 0 saturated carbocycles. The molecule has 0 aliphatic carbocycles. The summed E-state index contributed by atoms with van der Waals surface area (Å²) in [7, 11) is -3.02. The minimum Gasteiger partial charge on any atom is -0.493 e. The molecule has 2 aromatic rings. The van der Waals surface area contributed by atoms with Gasteiger partial charge in [-0.05, 0) is 42.7 Å². The van der Waals surface area contributed by atoms with Gasteiger partial charge in [-0.15, -0.1) is 0 Å². The molecule has 2 fully saturated rings. The van der Waals surface area contributed by atoms with Crippen LogP contribution in [0.5, 0.6) is 11.5 Å². The standard InChI is InChI=1S/C25H30F3NO6S/c1-24(15-33-16-24)17-35-22-12-18(9-10-21(22)32-2)13-29(14-19-6-5-11-34-19)36(30,31)23-8-4-3-7-20(23)25(26,27)28/h3-4,7-10,12,19H,5-6,11,13-17H2,1-2H3. The minimum absolute atomic E-state index is 0.0633. The Labute approximate surface area is 209 Å². The Balaban J connectivity index is 1.65. The van der Waals surface area contributed by atoms with Crippen molar-refractivity contribution < 1.29 is 40.5 Å². The normalized spacial score (nSPS) is 19.8. The second kappa shape index (κ2) is 10.6. The summed E-state index contributed by atoms with van der Waals surface area (Å²) in [5.41, 5.74) is -0.777. The van der Waals surface area contributed by atoms with Gasteiger partial charge < -0.3 is 18.9 Å². The van der Waals surface area contributed by atoms with Crippen LogP contribution in [0.2, 0.25) is 0 Å². The third kappa shape index (κ3) is 5.96. The quantitative estimate of drug-likeness (QED) is 0.451. The fourth-order valence-corrected chi connectivity index (χ4v) is 5.92. The molecule has 2 aromatic carbocycles. The lowest BCUT2D eigenvalue weighted by molar-refractivity contribution is -0.139. The Morgan fingerprint density at radius 1 is 1.14 bits per heavy atom. The molecule has 0 amide bonds. The van der Waals surface area contributed by atoms with Crippen molar-refractivity contribution in [1.29, 1.82) is 0 Å². The summed E-state index contributed by atoms with van der Waals surface area (Å²) >= 11 is 0. The van der Waals surface area contributed by atoms with Crippen LogP contribution in [-0.2, 0) is 32.2 Å². The molecule has 4 rings (SSSR count). The van der Waals surface area contributed by atoms with Gasteiger partial charge in [0.15, 0.2) is 11.5 Å². The van der Waals surface area contributed by atoms with Gasteiger partial charge >= 0.3 is 6.18 Å². The molecule has 36 heavy (non-hydrogen) atoms. The Hall–Kier alpha value is -2.34. The van der Waals surface area contributed by atoms with Crippen LogP contribution in [0.25, 0.3) is 0 Å². The van der Waals surface area contributed by atoms with E-state index in [0.717, 1.165) is 22.9 Å². The van der Waals surface area contributed by atoms with Gasteiger partial charge in [-0.3, -0.25) is 0 Å². The number of ether oxygens (including phenoxy) is 4. The van der Waals surface area contributed by atoms with E-state index < -0.39 is 32.8 Å². The first-order valence-corrected chi connectivity index (χ1v) is 13.1. The summed E-state index contributed by atoms with van der Waals surface area (Å²) < 4.78 is 91.5. The summed E-state index contributed by atoms with van der Waals surface area (Å²) in [6, 6.07) is 9.23. The second-order valence-corrected chi connectivity index (χ2v) is 11.4. The number of benzene rings is 2. The Morgan fingerprint density at radius 3 is 2.50 bits per heavy atom. The molecule has 11 heteroatoms. The van der Waals surface area contributed by atoms with Crippen LogP contribution in [0, 0.1) is 5.41 Å². The van der Waals surface area contributed by atoms with Gasteiger partial charge in [-0.2, -0.15) is 17.5 Å². The van der Waals surface area contributed by atoms with Crippen LogP contribution in [0.15, 0.2) is 47.4 Å². The zero-order valence-electron chi connectivity index (χ0n) is 20.2. The topological polar surface area (TPSA) is 74.3 Å². The van der Waals surface area contributed by atoms with Crippen molar-refractivity contribution >= 4 is 10.0 Å². The highest BCUT2D eigenvalue weighted by molar-refractivity contribution is 7.89. The molecule has 0 spiro atoms. The Morgan fingerprint density at radius 2 is 1.89 bits per heavy atom. The maximum atomic E-state index is 13.7. The number of nitrogens with zero attached hydrogens (tertiary/aromatic N) is 1. The number of hydrogen-bond acceptors (Lipinski definition) is 6. The van der Waals surface area contributed by atoms with Crippen molar-refractivity contribution in [3.05, 3.63) is 53.6 Å². The molecule has 1 unspecified atom stereocenters. The fraction of sp³-hybridized carbons (Fsp3) is 0.520. The Kier molecular flexibility index (Phi) is 7.84. The lowest BCUT2D eigenvalue weighted by Gasteiger charge is -2.37. The number of rotatable bonds is 10. The monoisotopic (exact) mass is 529 g/mol. The van der Waals surface area contributed by atoms with Gasteiger partial charge in [0.1, 0.15) is 0 Å². The molecule has 2 heterocycles. The third-order valence-electron chi connectivity index (χ3n) is 6.31. The maximum Gasteiger partial charge on any atom is 0.417 e. The molecule has 0 bridgehead atoms. The van der Waals surface area contributed by atoms with Gasteiger partial charge in [0, 0.05) is 25.1 Å². The van der Waals surface area contributed by atoms with Gasteiger partial charge in [-0.25, -0.2) is 8.42 Å². The van der Waals surface area contributed by atoms with E-state index >= 15 is 0 Å². The molecule has 7 nitrogen and oxygen atoms in total. The van der Waals surface area contributed by atoms with E-state index in [1.54, 1.807) is 18.2 Å². The van der Waals surface area contributed by atoms with Crippen LogP contribution >= 0.6 is 0 Å². The molecule has 2 aliphatic heterocycles. The zero-order chi connectivity index (χ0) is 26.0. The van der Waals surface area contributed by atoms with Crippen molar-refractivity contribution in [2.45, 2.75) is 43.5 Å². The molecule has 0 N–H and O–H groups in total. The molecular formula is C25H30F3NO6S. The molecule has 2 aliphatic rings. The van der Waals surface area contributed by atoms with Crippen molar-refractivity contribution in [2.24, 2.45) is 5.41 Å². The van der Waals surface area contributed by atoms with Gasteiger partial charge in [0.05, 0.1) is 43.5 Å². The van der Waals surface area contributed by atoms with Crippen molar-refractivity contribution in [3.63, 3.8) is 0 Å². The van der Waals surface area contributed by atoms with Crippen LogP contribution in [0.1, 0.15) is 30.9 Å². The van der Waals surface area contributed by atoms with Crippen LogP contribution < -0.4 is 9.47 Å². The number of sulfonamides is 1. The number of alkyl halides is 3. The number of hydrogen-bond donors (Lipinski definition) is 0. The number of methoxy groups -OCH3 is 1. The predicted molar refractivity (Wildman–Crippen MR) is 125 cm³/mol. The summed E-state index contributed by atoms with van der Waals surface area (Å²) in [4.78, 5) is -0.779. The molecular weight excluding hydrogens is 499 g/mol. The molecule has 1 atom stereocenters. The first kappa shape index (κ1) is 26.7. The smallest absolute Gasteiger partial charge is 0.417 e. The SMILES string of the molecule is COc1ccc(CN(CC2CCCO2)S(=O)(=O)c2ccccc2C(F)(F)F)cc1OCC1(C)COC1. The van der Waals surface area contributed by atoms with Crippen molar-refractivity contribution in [1.82, 2.24) is 4.31 Å². The first-order chi connectivity index (χ1) is 17.0. The van der Waals surface area contributed by atoms with Crippen molar-refractivity contribution in [3.8, 4) is 11.5 Å². The maximum absolute atomic E-state index is 13.7. The highest BCUT2D eigenvalue weighted by atomic mass is 32.2. The van der Waals surface area contributed by atoms with Crippen LogP contribution in [0.3, 0.4) is 0 Å². The summed E-state index contributed by atoms with van der Waals surface area (Å²) in [6.07, 6.45) is -3.82. The van der Waals surface area contributed by atoms with E-state index in [1.165, 1.54) is 19.2 Å². The largest absolute Gasteiger partial charge is 0.493 e. The van der Waals surface area contributed by atoms with E-state index in [-0.39, 0.29) is 18.5 Å². The van der Waals surface area contributed by atoms with E-state index in [0.29, 0.717) is 49.9 Å². The average Bonchev–Trinajstić information content (AvgIpc) is 3.34. The molecule has 0 aromatic heterocycles. The molecule has 2 saturated heterocycles. The van der Waals surface area contributed by atoms with Gasteiger partial charge in [0.25, 0.3) is 0 Å². The number of halogens is 3. The Bertz CT molecular complexity index is 1160. The first-order valence-electron chi connectivity index (χ1n) is 11.7. The van der Waals surface area contributed by atoms with Gasteiger partial charge in [0.2, 0.25) is 10.0 Å². The van der Waals surface area contributed by atoms with E-state index in [9.17, 15) is 21.6 Å². The molecule has 0 radical (unpaired) electrons. The highest BCUT2D eigenvalue weighted by Crippen LogP contribution is 2.37. The lowest BCUT2D eigenvalue weighted by Crippen LogP contribution is -2.44. The predicted octanol–water partition coefficient (Wildman–Crippen LogP) is 4.50. The van der Waals surface area contributed by atoms with Gasteiger partial charge in [-0.1, -0.05) is 25.1 Å². The fourth-order valence-electron chi connectivity index (χ4n) is 4.25. The zero-order valence-corrected chi connectivity index (χ0v) is 21.0. The third-order valence-corrected chi connectivity index (χ3v) is 8.18. The summed E-state index contributed by atoms with van der Waals surface area (Å²) in [5.74, 6) is 0.895.